The van der Waals surface area contributed by atoms with Gasteiger partial charge in [0.15, 0.2) is 0 Å². The third-order valence-corrected chi connectivity index (χ3v) is 2.84. The smallest absolute Gasteiger partial charge is 0.224 e. The SMILES string of the molecule is [B]CCCCOc1ccc2c(c1)NC(=O)CC2. The summed E-state index contributed by atoms with van der Waals surface area (Å²) < 4.78 is 5.60. The summed E-state index contributed by atoms with van der Waals surface area (Å²) in [6.45, 7) is 0.671. The summed E-state index contributed by atoms with van der Waals surface area (Å²) in [5, 5.41) is 2.86. The number of rotatable bonds is 5. The number of unbranched alkanes of at least 4 members (excludes halogenated alkanes) is 1. The molecule has 2 rings (SSSR count). The van der Waals surface area contributed by atoms with Gasteiger partial charge in [0.05, 0.1) is 14.5 Å². The van der Waals surface area contributed by atoms with E-state index in [4.69, 9.17) is 12.6 Å². The van der Waals surface area contributed by atoms with Crippen LogP contribution in [-0.4, -0.2) is 20.4 Å². The molecule has 4 heteroatoms. The Hall–Kier alpha value is -1.45. The van der Waals surface area contributed by atoms with Crippen molar-refractivity contribution in [3.8, 4) is 5.75 Å². The molecule has 0 fully saturated rings. The van der Waals surface area contributed by atoms with Crippen LogP contribution in [0.5, 0.6) is 5.75 Å². The van der Waals surface area contributed by atoms with E-state index < -0.39 is 0 Å². The van der Waals surface area contributed by atoms with E-state index in [2.05, 4.69) is 5.32 Å². The Balaban J connectivity index is 1.95. The van der Waals surface area contributed by atoms with Gasteiger partial charge in [-0.1, -0.05) is 18.8 Å². The van der Waals surface area contributed by atoms with Gasteiger partial charge in [-0.15, -0.1) is 0 Å². The average molecular weight is 229 g/mol. The zero-order valence-electron chi connectivity index (χ0n) is 9.87. The van der Waals surface area contributed by atoms with Crippen LogP contribution in [0.3, 0.4) is 0 Å². The van der Waals surface area contributed by atoms with E-state index in [9.17, 15) is 4.79 Å². The minimum Gasteiger partial charge on any atom is -0.494 e. The maximum atomic E-state index is 11.3. The minimum absolute atomic E-state index is 0.0813. The van der Waals surface area contributed by atoms with E-state index in [0.717, 1.165) is 30.7 Å². The Bertz CT molecular complexity index is 406. The van der Waals surface area contributed by atoms with Crippen molar-refractivity contribution in [1.29, 1.82) is 0 Å². The summed E-state index contributed by atoms with van der Waals surface area (Å²) in [7, 11) is 5.41. The lowest BCUT2D eigenvalue weighted by Gasteiger charge is -2.17. The Morgan fingerprint density at radius 1 is 1.29 bits per heavy atom. The van der Waals surface area contributed by atoms with Crippen LogP contribution >= 0.6 is 0 Å². The first-order valence-corrected chi connectivity index (χ1v) is 6.05. The van der Waals surface area contributed by atoms with Crippen molar-refractivity contribution in [2.75, 3.05) is 11.9 Å². The molecule has 17 heavy (non-hydrogen) atoms. The van der Waals surface area contributed by atoms with Crippen LogP contribution in [0, 0.1) is 0 Å². The van der Waals surface area contributed by atoms with Gasteiger partial charge < -0.3 is 10.1 Å². The van der Waals surface area contributed by atoms with Crippen molar-refractivity contribution >= 4 is 19.4 Å². The lowest BCUT2D eigenvalue weighted by molar-refractivity contribution is -0.116. The highest BCUT2D eigenvalue weighted by Gasteiger charge is 2.14. The van der Waals surface area contributed by atoms with Crippen molar-refractivity contribution in [3.63, 3.8) is 0 Å². The topological polar surface area (TPSA) is 38.3 Å². The molecule has 1 aromatic rings. The highest BCUT2D eigenvalue weighted by molar-refractivity contribution is 6.08. The van der Waals surface area contributed by atoms with E-state index in [0.29, 0.717) is 19.3 Å². The molecule has 1 aliphatic heterocycles. The molecule has 1 aliphatic rings. The summed E-state index contributed by atoms with van der Waals surface area (Å²) >= 11 is 0. The number of benzene rings is 1. The lowest BCUT2D eigenvalue weighted by Crippen LogP contribution is -2.18. The van der Waals surface area contributed by atoms with Gasteiger partial charge >= 0.3 is 0 Å². The monoisotopic (exact) mass is 229 g/mol. The Kier molecular flexibility index (Phi) is 4.07. The van der Waals surface area contributed by atoms with E-state index >= 15 is 0 Å². The number of hydrogen-bond acceptors (Lipinski definition) is 2. The summed E-state index contributed by atoms with van der Waals surface area (Å²) in [5.74, 6) is 0.890. The lowest BCUT2D eigenvalue weighted by atomic mass is 10.0. The summed E-state index contributed by atoms with van der Waals surface area (Å²) in [6, 6.07) is 5.88. The molecule has 1 heterocycles. The molecular formula is C13H16BNO2. The van der Waals surface area contributed by atoms with Crippen molar-refractivity contribution in [1.82, 2.24) is 0 Å². The van der Waals surface area contributed by atoms with E-state index in [1.54, 1.807) is 0 Å². The van der Waals surface area contributed by atoms with Gasteiger partial charge in [0.1, 0.15) is 5.75 Å². The van der Waals surface area contributed by atoms with Crippen molar-refractivity contribution in [3.05, 3.63) is 23.8 Å². The molecule has 0 spiro atoms. The van der Waals surface area contributed by atoms with Crippen LogP contribution < -0.4 is 10.1 Å². The van der Waals surface area contributed by atoms with E-state index in [-0.39, 0.29) is 5.91 Å². The molecule has 0 saturated carbocycles. The normalized spacial score (nSPS) is 14.0. The van der Waals surface area contributed by atoms with Crippen LogP contribution in [0.25, 0.3) is 0 Å². The van der Waals surface area contributed by atoms with Gasteiger partial charge in [0, 0.05) is 18.2 Å². The fourth-order valence-corrected chi connectivity index (χ4v) is 1.88. The first kappa shape index (κ1) is 12.0. The van der Waals surface area contributed by atoms with Gasteiger partial charge in [0.2, 0.25) is 5.91 Å². The quantitative estimate of drug-likeness (QED) is 0.621. The maximum absolute atomic E-state index is 11.3. The van der Waals surface area contributed by atoms with Crippen molar-refractivity contribution in [2.45, 2.75) is 32.0 Å². The molecule has 1 aromatic carbocycles. The molecule has 3 nitrogen and oxygen atoms in total. The molecular weight excluding hydrogens is 213 g/mol. The first-order valence-electron chi connectivity index (χ1n) is 6.05. The van der Waals surface area contributed by atoms with Gasteiger partial charge in [0.25, 0.3) is 0 Å². The highest BCUT2D eigenvalue weighted by Crippen LogP contribution is 2.27. The number of ether oxygens (including phenoxy) is 1. The number of fused-ring (bicyclic) bond motifs is 1. The molecule has 0 bridgehead atoms. The summed E-state index contributed by atoms with van der Waals surface area (Å²) in [5.41, 5.74) is 2.07. The second-order valence-corrected chi connectivity index (χ2v) is 4.21. The molecule has 88 valence electrons. The van der Waals surface area contributed by atoms with Crippen LogP contribution in [0.1, 0.15) is 24.8 Å². The standard InChI is InChI=1S/C13H16BNO2/c14-7-1-2-8-17-11-5-3-10-4-6-13(16)15-12(10)9-11/h3,5,9H,1-2,4,6-8H2,(H,15,16). The van der Waals surface area contributed by atoms with Gasteiger partial charge in [-0.2, -0.15) is 0 Å². The summed E-state index contributed by atoms with van der Waals surface area (Å²) in [4.78, 5) is 11.3. The predicted octanol–water partition coefficient (Wildman–Crippen LogP) is 2.32. The number of hydrogen-bond donors (Lipinski definition) is 1. The third kappa shape index (κ3) is 3.25. The fraction of sp³-hybridized carbons (Fsp3) is 0.462. The zero-order valence-corrected chi connectivity index (χ0v) is 9.87. The average Bonchev–Trinajstić information content (AvgIpc) is 2.34. The number of anilines is 1. The van der Waals surface area contributed by atoms with E-state index in [1.807, 2.05) is 18.2 Å². The van der Waals surface area contributed by atoms with Crippen molar-refractivity contribution < 1.29 is 9.53 Å². The minimum atomic E-state index is 0.0813. The molecule has 0 aliphatic carbocycles. The van der Waals surface area contributed by atoms with Gasteiger partial charge in [-0.3, -0.25) is 4.79 Å². The number of aryl methyl sites for hydroxylation is 1. The highest BCUT2D eigenvalue weighted by atomic mass is 16.5. The zero-order chi connectivity index (χ0) is 12.1. The van der Waals surface area contributed by atoms with Crippen LogP contribution in [0.4, 0.5) is 5.69 Å². The van der Waals surface area contributed by atoms with E-state index in [1.165, 1.54) is 5.56 Å². The van der Waals surface area contributed by atoms with Crippen LogP contribution in [0.2, 0.25) is 6.32 Å². The summed E-state index contributed by atoms with van der Waals surface area (Å²) in [6.07, 6.45) is 4.02. The Morgan fingerprint density at radius 2 is 2.18 bits per heavy atom. The second kappa shape index (κ2) is 5.76. The number of carbonyl (C=O) groups is 1. The number of nitrogens with one attached hydrogen (secondary N) is 1. The Labute approximate surface area is 103 Å². The number of carbonyl (C=O) groups excluding carboxylic acids is 1. The third-order valence-electron chi connectivity index (χ3n) is 2.84. The molecule has 1 amide bonds. The first-order chi connectivity index (χ1) is 8.29. The second-order valence-electron chi connectivity index (χ2n) is 4.21. The predicted molar refractivity (Wildman–Crippen MR) is 68.7 cm³/mol. The molecule has 1 N–H and O–H groups in total. The number of amides is 1. The van der Waals surface area contributed by atoms with Crippen LogP contribution in [0.15, 0.2) is 18.2 Å². The fourth-order valence-electron chi connectivity index (χ4n) is 1.88. The Morgan fingerprint density at radius 3 is 3.00 bits per heavy atom. The molecule has 0 unspecified atom stereocenters. The maximum Gasteiger partial charge on any atom is 0.224 e. The van der Waals surface area contributed by atoms with Gasteiger partial charge in [-0.25, -0.2) is 0 Å². The molecule has 2 radical (unpaired) electrons. The molecule has 0 atom stereocenters. The van der Waals surface area contributed by atoms with Crippen molar-refractivity contribution in [2.24, 2.45) is 0 Å². The molecule has 0 saturated heterocycles. The largest absolute Gasteiger partial charge is 0.494 e. The van der Waals surface area contributed by atoms with Gasteiger partial charge in [-0.05, 0) is 24.5 Å². The van der Waals surface area contributed by atoms with Crippen LogP contribution in [-0.2, 0) is 11.2 Å². The molecule has 0 aromatic heterocycles.